The molecule has 0 aliphatic carbocycles. The molecule has 0 fully saturated rings. The summed E-state index contributed by atoms with van der Waals surface area (Å²) in [7, 11) is 0. The van der Waals surface area contributed by atoms with Crippen molar-refractivity contribution in [3.8, 4) is 11.5 Å². The first-order chi connectivity index (χ1) is 16.5. The number of aryl methyl sites for hydroxylation is 1. The molecule has 0 saturated carbocycles. The largest absolute Gasteiger partial charge is 0.457 e. The Kier molecular flexibility index (Phi) is 5.40. The number of fused-ring (bicyclic) bond motifs is 1. The van der Waals surface area contributed by atoms with E-state index in [2.05, 4.69) is 5.32 Å². The van der Waals surface area contributed by atoms with Crippen LogP contribution < -0.4 is 15.0 Å². The van der Waals surface area contributed by atoms with Crippen molar-refractivity contribution < 1.29 is 19.1 Å². The van der Waals surface area contributed by atoms with Crippen LogP contribution in [0.5, 0.6) is 11.5 Å². The van der Waals surface area contributed by atoms with Gasteiger partial charge in [-0.05, 0) is 73.7 Å². The molecule has 4 aromatic carbocycles. The number of amides is 3. The fourth-order valence-corrected chi connectivity index (χ4v) is 3.75. The molecule has 166 valence electrons. The number of benzene rings is 4. The highest BCUT2D eigenvalue weighted by Crippen LogP contribution is 2.32. The molecule has 4 aromatic rings. The second-order valence-corrected chi connectivity index (χ2v) is 7.94. The SMILES string of the molecule is Cc1ccc(Oc2ccc(N3C(=O)c4ccc(NC(=O)c5ccccc5)cc4C3=O)cc2)cc1. The molecule has 0 spiro atoms. The van der Waals surface area contributed by atoms with Crippen LogP contribution in [0.2, 0.25) is 0 Å². The Bertz CT molecular complexity index is 1400. The Labute approximate surface area is 196 Å². The fourth-order valence-electron chi connectivity index (χ4n) is 3.75. The van der Waals surface area contributed by atoms with Gasteiger partial charge in [0.2, 0.25) is 0 Å². The molecule has 0 radical (unpaired) electrons. The molecular formula is C28H20N2O4. The number of rotatable bonds is 5. The second kappa shape index (κ2) is 8.67. The van der Waals surface area contributed by atoms with Crippen LogP contribution in [-0.2, 0) is 0 Å². The molecule has 0 saturated heterocycles. The van der Waals surface area contributed by atoms with E-state index in [9.17, 15) is 14.4 Å². The molecule has 0 aromatic heterocycles. The maximum atomic E-state index is 13.1. The highest BCUT2D eigenvalue weighted by atomic mass is 16.5. The summed E-state index contributed by atoms with van der Waals surface area (Å²) in [6, 6.07) is 27.9. The van der Waals surface area contributed by atoms with E-state index in [1.165, 1.54) is 6.07 Å². The molecule has 3 amide bonds. The third kappa shape index (κ3) is 4.04. The lowest BCUT2D eigenvalue weighted by atomic mass is 10.1. The Morgan fingerprint density at radius 2 is 1.35 bits per heavy atom. The van der Waals surface area contributed by atoms with Crippen LogP contribution >= 0.6 is 0 Å². The summed E-state index contributed by atoms with van der Waals surface area (Å²) in [5, 5.41) is 2.77. The lowest BCUT2D eigenvalue weighted by molar-refractivity contribution is 0.0924. The van der Waals surface area contributed by atoms with E-state index in [4.69, 9.17) is 4.74 Å². The van der Waals surface area contributed by atoms with Gasteiger partial charge in [-0.2, -0.15) is 0 Å². The maximum absolute atomic E-state index is 13.1. The minimum absolute atomic E-state index is 0.246. The molecule has 1 aliphatic rings. The average molecular weight is 448 g/mol. The van der Waals surface area contributed by atoms with Gasteiger partial charge in [0.1, 0.15) is 11.5 Å². The number of imide groups is 1. The minimum atomic E-state index is -0.442. The maximum Gasteiger partial charge on any atom is 0.266 e. The van der Waals surface area contributed by atoms with Crippen molar-refractivity contribution in [2.45, 2.75) is 6.92 Å². The van der Waals surface area contributed by atoms with E-state index in [0.29, 0.717) is 34.0 Å². The smallest absolute Gasteiger partial charge is 0.266 e. The van der Waals surface area contributed by atoms with Crippen molar-refractivity contribution in [2.75, 3.05) is 10.2 Å². The molecule has 1 heterocycles. The number of anilines is 2. The summed E-state index contributed by atoms with van der Waals surface area (Å²) in [5.74, 6) is 0.147. The van der Waals surface area contributed by atoms with E-state index in [0.717, 1.165) is 10.5 Å². The van der Waals surface area contributed by atoms with Crippen molar-refractivity contribution >= 4 is 29.1 Å². The highest BCUT2D eigenvalue weighted by Gasteiger charge is 2.36. The molecule has 1 aliphatic heterocycles. The van der Waals surface area contributed by atoms with Crippen molar-refractivity contribution in [1.82, 2.24) is 0 Å². The summed E-state index contributed by atoms with van der Waals surface area (Å²) in [5.41, 5.74) is 3.06. The van der Waals surface area contributed by atoms with Crippen LogP contribution in [0.25, 0.3) is 0 Å². The van der Waals surface area contributed by atoms with Crippen LogP contribution in [0.15, 0.2) is 97.1 Å². The van der Waals surface area contributed by atoms with Crippen LogP contribution in [0.1, 0.15) is 36.6 Å². The van der Waals surface area contributed by atoms with Crippen molar-refractivity contribution in [2.24, 2.45) is 0 Å². The number of carbonyl (C=O) groups excluding carboxylic acids is 3. The van der Waals surface area contributed by atoms with Gasteiger partial charge in [-0.15, -0.1) is 0 Å². The van der Waals surface area contributed by atoms with Gasteiger partial charge in [-0.1, -0.05) is 35.9 Å². The zero-order chi connectivity index (χ0) is 23.7. The monoisotopic (exact) mass is 448 g/mol. The Balaban J connectivity index is 1.34. The molecular weight excluding hydrogens is 428 g/mol. The molecule has 5 rings (SSSR count). The van der Waals surface area contributed by atoms with E-state index in [1.54, 1.807) is 60.7 Å². The Hall–Kier alpha value is -4.71. The zero-order valence-corrected chi connectivity index (χ0v) is 18.3. The number of ether oxygens (including phenoxy) is 1. The fraction of sp³-hybridized carbons (Fsp3) is 0.0357. The van der Waals surface area contributed by atoms with Crippen molar-refractivity contribution in [1.29, 1.82) is 0 Å². The quantitative estimate of drug-likeness (QED) is 0.389. The third-order valence-electron chi connectivity index (χ3n) is 5.53. The van der Waals surface area contributed by atoms with Gasteiger partial charge in [0.25, 0.3) is 17.7 Å². The normalized spacial score (nSPS) is 12.4. The average Bonchev–Trinajstić information content (AvgIpc) is 3.11. The molecule has 0 atom stereocenters. The first-order valence-electron chi connectivity index (χ1n) is 10.7. The molecule has 0 unspecified atom stereocenters. The van der Waals surface area contributed by atoms with E-state index >= 15 is 0 Å². The van der Waals surface area contributed by atoms with E-state index < -0.39 is 11.8 Å². The van der Waals surface area contributed by atoms with Crippen molar-refractivity contribution in [3.05, 3.63) is 119 Å². The van der Waals surface area contributed by atoms with Crippen LogP contribution in [-0.4, -0.2) is 17.7 Å². The van der Waals surface area contributed by atoms with Crippen LogP contribution in [0.4, 0.5) is 11.4 Å². The van der Waals surface area contributed by atoms with Gasteiger partial charge in [0.05, 0.1) is 16.8 Å². The Morgan fingerprint density at radius 1 is 0.735 bits per heavy atom. The van der Waals surface area contributed by atoms with Gasteiger partial charge in [0.15, 0.2) is 0 Å². The summed E-state index contributed by atoms with van der Waals surface area (Å²) < 4.78 is 5.83. The number of hydrogen-bond donors (Lipinski definition) is 1. The second-order valence-electron chi connectivity index (χ2n) is 7.94. The summed E-state index contributed by atoms with van der Waals surface area (Å²) in [4.78, 5) is 39.6. The highest BCUT2D eigenvalue weighted by molar-refractivity contribution is 6.34. The van der Waals surface area contributed by atoms with Gasteiger partial charge in [-0.3, -0.25) is 14.4 Å². The number of hydrogen-bond acceptors (Lipinski definition) is 4. The molecule has 1 N–H and O–H groups in total. The number of nitrogens with one attached hydrogen (secondary N) is 1. The third-order valence-corrected chi connectivity index (χ3v) is 5.53. The van der Waals surface area contributed by atoms with Gasteiger partial charge >= 0.3 is 0 Å². The van der Waals surface area contributed by atoms with Crippen LogP contribution in [0, 0.1) is 6.92 Å². The Morgan fingerprint density at radius 3 is 2.03 bits per heavy atom. The molecule has 0 bridgehead atoms. The van der Waals surface area contributed by atoms with Gasteiger partial charge in [-0.25, -0.2) is 4.90 Å². The summed E-state index contributed by atoms with van der Waals surface area (Å²) >= 11 is 0. The van der Waals surface area contributed by atoms with E-state index in [-0.39, 0.29) is 11.5 Å². The lowest BCUT2D eigenvalue weighted by Gasteiger charge is -2.14. The van der Waals surface area contributed by atoms with Gasteiger partial charge in [0, 0.05) is 11.3 Å². The lowest BCUT2D eigenvalue weighted by Crippen LogP contribution is -2.29. The van der Waals surface area contributed by atoms with Gasteiger partial charge < -0.3 is 10.1 Å². The first-order valence-corrected chi connectivity index (χ1v) is 10.7. The predicted molar refractivity (Wildman–Crippen MR) is 130 cm³/mol. The minimum Gasteiger partial charge on any atom is -0.457 e. The predicted octanol–water partition coefficient (Wildman–Crippen LogP) is 5.84. The zero-order valence-electron chi connectivity index (χ0n) is 18.3. The van der Waals surface area contributed by atoms with E-state index in [1.807, 2.05) is 37.3 Å². The first kappa shape index (κ1) is 21.2. The number of carbonyl (C=O) groups is 3. The summed E-state index contributed by atoms with van der Waals surface area (Å²) in [6.45, 7) is 2.00. The number of nitrogens with zero attached hydrogens (tertiary/aromatic N) is 1. The molecule has 34 heavy (non-hydrogen) atoms. The topological polar surface area (TPSA) is 75.7 Å². The molecule has 6 heteroatoms. The summed E-state index contributed by atoms with van der Waals surface area (Å²) in [6.07, 6.45) is 0. The molecule has 6 nitrogen and oxygen atoms in total. The standard InChI is InChI=1S/C28H20N2O4/c1-18-7-12-22(13-8-18)34-23-14-10-21(11-15-23)30-27(32)24-16-9-20(17-25(24)28(30)33)29-26(31)19-5-3-2-4-6-19/h2-17H,1H3,(H,29,31). The van der Waals surface area contributed by atoms with Crippen molar-refractivity contribution in [3.63, 3.8) is 0 Å². The van der Waals surface area contributed by atoms with Crippen LogP contribution in [0.3, 0.4) is 0 Å².